The van der Waals surface area contributed by atoms with Crippen LogP contribution in [0.15, 0.2) is 187 Å². The summed E-state index contributed by atoms with van der Waals surface area (Å²) in [6, 6.07) is 62.9. The number of carbonyl (C=O) groups is 3. The van der Waals surface area contributed by atoms with Crippen LogP contribution in [0.2, 0.25) is 0 Å². The van der Waals surface area contributed by atoms with Crippen molar-refractivity contribution < 1.29 is 22.8 Å². The van der Waals surface area contributed by atoms with E-state index in [9.17, 15) is 38.6 Å². The van der Waals surface area contributed by atoms with Crippen molar-refractivity contribution in [3.05, 3.63) is 249 Å². The number of nitrogens with two attached hydrogens (primary N) is 1. The Hall–Kier alpha value is -12.2. The van der Waals surface area contributed by atoms with Crippen LogP contribution in [0.3, 0.4) is 0 Å². The number of carbonyl (C=O) groups excluding carboxylic acids is 3. The molecule has 3 amide bonds. The second-order valence-corrected chi connectivity index (χ2v) is 35.1. The topological polar surface area (TPSA) is 274 Å². The second-order valence-electron chi connectivity index (χ2n) is 33.6. The van der Waals surface area contributed by atoms with Crippen molar-refractivity contribution in [1.82, 2.24) is 24.7 Å². The number of para-hydroxylation sites is 4. The number of nitrogens with zero attached hydrogens (tertiary/aromatic N) is 14. The van der Waals surface area contributed by atoms with Crippen molar-refractivity contribution in [1.29, 1.82) is 15.8 Å². The minimum absolute atomic E-state index is 0.00928. The van der Waals surface area contributed by atoms with E-state index in [-0.39, 0.29) is 39.7 Å². The Morgan fingerprint density at radius 3 is 1.26 bits per heavy atom. The van der Waals surface area contributed by atoms with Gasteiger partial charge in [0.05, 0.1) is 44.8 Å². The number of nitriles is 3. The molecule has 119 heavy (non-hydrogen) atoms. The van der Waals surface area contributed by atoms with E-state index in [0.29, 0.717) is 81.4 Å². The average molecular weight is 1620 g/mol. The lowest BCUT2D eigenvalue weighted by Gasteiger charge is -2.48. The predicted octanol–water partition coefficient (Wildman–Crippen LogP) is 14.6. The minimum atomic E-state index is -3.91. The molecule has 6 aliphatic rings. The maximum atomic E-state index is 13.8. The first-order chi connectivity index (χ1) is 57.2. The number of anilines is 9. The standard InChI is InChI=1S/C33H39N5O.C32H38N6O.C30H35N7O3S/c1-24-20-25(2)30(35-27-14-16-36(17-15-27)31-13-9-8-10-26(31)22-34)21-29(24)32(39)37-18-19-38(33(3,4)23-37)28-11-6-5-7-12-28;1-23-19-24(2)28(35-26-12-15-36(16-13-26)29-10-6-5-9-25(29)21-33)20-27(23)31(39)37-17-18-38(32(3,4)22-37)30-11-7-8-14-34-30;1-21-9-10-25(30(38)37-18-16-36(17-19-37)29-27(41(32,39)40)8-5-13-33-29)22(2)28(21)34-24-11-14-35(15-12-24)26-7-4-3-6-23(26)20-31/h5-13,20-21,27,35H,14-19,23H2,1-4H3;5-11,14,19-20,26,35H,12-13,15-18,22H2,1-4H3;3-10,13,24,34H,11-12,14-19H2,1-2H3,(H2,32,39,40). The molecule has 0 bridgehead atoms. The first-order valence-corrected chi connectivity index (χ1v) is 43.2. The third kappa shape index (κ3) is 19.7. The van der Waals surface area contributed by atoms with E-state index in [2.05, 4.69) is 166 Å². The Morgan fingerprint density at radius 1 is 0.412 bits per heavy atom. The molecular weight excluding hydrogens is 1510 g/mol. The van der Waals surface area contributed by atoms with Crippen LogP contribution in [0.5, 0.6) is 0 Å². The zero-order valence-corrected chi connectivity index (χ0v) is 71.2. The molecule has 618 valence electrons. The van der Waals surface area contributed by atoms with Gasteiger partial charge in [0.2, 0.25) is 10.0 Å². The Kier molecular flexibility index (Phi) is 26.5. The molecule has 8 heterocycles. The third-order valence-corrected chi connectivity index (χ3v) is 25.4. The summed E-state index contributed by atoms with van der Waals surface area (Å²) in [4.78, 5) is 69.3. The highest BCUT2D eigenvalue weighted by Gasteiger charge is 2.40. The van der Waals surface area contributed by atoms with Gasteiger partial charge in [-0.25, -0.2) is 23.5 Å². The van der Waals surface area contributed by atoms with Gasteiger partial charge in [0, 0.05) is 175 Å². The summed E-state index contributed by atoms with van der Waals surface area (Å²) in [6.07, 6.45) is 9.11. The Morgan fingerprint density at radius 2 is 0.824 bits per heavy atom. The molecule has 0 radical (unpaired) electrons. The van der Waals surface area contributed by atoms with Gasteiger partial charge in [-0.05, 0) is 232 Å². The first kappa shape index (κ1) is 84.7. The second kappa shape index (κ2) is 37.2. The van der Waals surface area contributed by atoms with Crippen molar-refractivity contribution in [2.24, 2.45) is 5.14 Å². The van der Waals surface area contributed by atoms with Crippen LogP contribution in [0, 0.1) is 75.5 Å². The summed E-state index contributed by atoms with van der Waals surface area (Å²) < 4.78 is 24.1. The molecule has 6 aliphatic heterocycles. The van der Waals surface area contributed by atoms with E-state index in [0.717, 1.165) is 186 Å². The molecule has 7 aromatic carbocycles. The van der Waals surface area contributed by atoms with E-state index >= 15 is 0 Å². The summed E-state index contributed by atoms with van der Waals surface area (Å²) in [5.41, 5.74) is 17.7. The lowest BCUT2D eigenvalue weighted by molar-refractivity contribution is 0.0679. The predicted molar refractivity (Wildman–Crippen MR) is 477 cm³/mol. The number of pyridine rings is 2. The maximum Gasteiger partial charge on any atom is 0.254 e. The summed E-state index contributed by atoms with van der Waals surface area (Å²) in [7, 11) is -3.91. The number of piperidine rings is 3. The van der Waals surface area contributed by atoms with Gasteiger partial charge in [-0.2, -0.15) is 15.8 Å². The zero-order chi connectivity index (χ0) is 84.3. The van der Waals surface area contributed by atoms with Crippen molar-refractivity contribution in [3.63, 3.8) is 0 Å². The Bertz CT molecular complexity index is 5170. The number of aryl methyl sites for hydroxylation is 5. The van der Waals surface area contributed by atoms with Gasteiger partial charge < -0.3 is 60.0 Å². The highest BCUT2D eigenvalue weighted by Crippen LogP contribution is 2.37. The Labute approximate surface area is 702 Å². The van der Waals surface area contributed by atoms with Gasteiger partial charge in [-0.3, -0.25) is 14.4 Å². The quantitative estimate of drug-likeness (QED) is 0.0700. The normalized spacial score (nSPS) is 17.2. The van der Waals surface area contributed by atoms with E-state index in [4.69, 9.17) is 5.14 Å². The van der Waals surface area contributed by atoms with Gasteiger partial charge >= 0.3 is 0 Å². The summed E-state index contributed by atoms with van der Waals surface area (Å²) in [6.45, 7) is 32.4. The van der Waals surface area contributed by atoms with Crippen LogP contribution in [-0.4, -0.2) is 185 Å². The number of primary sulfonamides is 1. The fraction of sp³-hybridized carbons (Fsp3) is 0.389. The summed E-state index contributed by atoms with van der Waals surface area (Å²) in [5.74, 6) is 1.43. The number of hydrogen-bond donors (Lipinski definition) is 4. The average Bonchev–Trinajstić information content (AvgIpc) is 0.784. The fourth-order valence-corrected chi connectivity index (χ4v) is 18.6. The number of aromatic nitrogens is 2. The van der Waals surface area contributed by atoms with Crippen LogP contribution < -0.4 is 50.5 Å². The Balaban J connectivity index is 0.000000155. The van der Waals surface area contributed by atoms with Gasteiger partial charge in [0.1, 0.15) is 34.7 Å². The highest BCUT2D eigenvalue weighted by molar-refractivity contribution is 7.89. The van der Waals surface area contributed by atoms with Crippen molar-refractivity contribution in [2.45, 2.75) is 142 Å². The molecule has 15 rings (SSSR count). The van der Waals surface area contributed by atoms with Gasteiger partial charge in [-0.1, -0.05) is 78.9 Å². The molecule has 23 nitrogen and oxygen atoms in total. The molecular formula is C95H112N18O5S. The molecule has 6 saturated heterocycles. The highest BCUT2D eigenvalue weighted by atomic mass is 32.2. The zero-order valence-electron chi connectivity index (χ0n) is 70.4. The number of hydrogen-bond acceptors (Lipinski definition) is 19. The molecule has 0 aliphatic carbocycles. The number of sulfonamides is 1. The SMILES string of the molecule is Cc1cc(C)c(C(=O)N2CCN(c3ccccc3)C(C)(C)C2)cc1NC1CCN(c2ccccc2C#N)CC1.Cc1cc(C)c(C(=O)N2CCN(c3ccccn3)C(C)(C)C2)cc1NC1CCN(c2ccccc2C#N)CC1.Cc1ccc(C(=O)N2CCN(c3ncccc3S(N)(=O)=O)CC2)c(C)c1NC1CCN(c2ccccc2C#N)CC1. The molecule has 0 spiro atoms. The molecule has 0 atom stereocenters. The van der Waals surface area contributed by atoms with Crippen LogP contribution in [0.1, 0.15) is 147 Å². The van der Waals surface area contributed by atoms with E-state index in [1.165, 1.54) is 11.8 Å². The number of piperazine rings is 3. The first-order valence-electron chi connectivity index (χ1n) is 41.7. The maximum absolute atomic E-state index is 13.8. The number of rotatable bonds is 16. The van der Waals surface area contributed by atoms with Crippen LogP contribution in [0.25, 0.3) is 0 Å². The number of amides is 3. The van der Waals surface area contributed by atoms with Crippen LogP contribution in [0.4, 0.5) is 51.4 Å². The van der Waals surface area contributed by atoms with Crippen molar-refractivity contribution >= 4 is 79.2 Å². The van der Waals surface area contributed by atoms with Gasteiger partial charge in [-0.15, -0.1) is 0 Å². The fourth-order valence-electron chi connectivity index (χ4n) is 17.9. The lowest BCUT2D eigenvalue weighted by atomic mass is 9.95. The summed E-state index contributed by atoms with van der Waals surface area (Å²) >= 11 is 0. The monoisotopic (exact) mass is 1620 g/mol. The molecule has 24 heteroatoms. The van der Waals surface area contributed by atoms with E-state index in [1.54, 1.807) is 12.3 Å². The van der Waals surface area contributed by atoms with E-state index in [1.807, 2.05) is 156 Å². The molecule has 0 saturated carbocycles. The van der Waals surface area contributed by atoms with Crippen molar-refractivity contribution in [2.75, 3.05) is 150 Å². The largest absolute Gasteiger partial charge is 0.382 e. The minimum Gasteiger partial charge on any atom is -0.382 e. The van der Waals surface area contributed by atoms with Gasteiger partial charge in [0.15, 0.2) is 0 Å². The van der Waals surface area contributed by atoms with E-state index < -0.39 is 10.0 Å². The van der Waals surface area contributed by atoms with Gasteiger partial charge in [0.25, 0.3) is 17.7 Å². The molecule has 2 aromatic heterocycles. The molecule has 5 N–H and O–H groups in total. The van der Waals surface area contributed by atoms with Crippen LogP contribution in [-0.2, 0) is 10.0 Å². The number of benzene rings is 7. The third-order valence-electron chi connectivity index (χ3n) is 24.5. The summed E-state index contributed by atoms with van der Waals surface area (Å²) in [5, 5.41) is 45.0. The van der Waals surface area contributed by atoms with Crippen LogP contribution >= 0.6 is 0 Å². The molecule has 6 fully saturated rings. The molecule has 9 aromatic rings. The molecule has 0 unspecified atom stereocenters. The number of nitrogens with one attached hydrogen (secondary N) is 3. The smallest absolute Gasteiger partial charge is 0.254 e. The lowest BCUT2D eigenvalue weighted by Crippen LogP contribution is -2.61. The van der Waals surface area contributed by atoms with Crippen molar-refractivity contribution in [3.8, 4) is 18.2 Å².